The van der Waals surface area contributed by atoms with Gasteiger partial charge in [0.15, 0.2) is 0 Å². The van der Waals surface area contributed by atoms with Gasteiger partial charge in [-0.1, -0.05) is 12.1 Å². The van der Waals surface area contributed by atoms with Crippen molar-refractivity contribution in [1.29, 1.82) is 0 Å². The molecule has 0 aliphatic rings. The summed E-state index contributed by atoms with van der Waals surface area (Å²) in [6.07, 6.45) is -4.42. The second-order valence-electron chi connectivity index (χ2n) is 4.39. The predicted molar refractivity (Wildman–Crippen MR) is 76.8 cm³/mol. The molecular formula is C15H15F3N2O. The lowest BCUT2D eigenvalue weighted by Crippen LogP contribution is -2.08. The number of ether oxygens (including phenoxy) is 1. The van der Waals surface area contributed by atoms with Gasteiger partial charge in [0.05, 0.1) is 17.9 Å². The Morgan fingerprint density at radius 3 is 2.52 bits per heavy atom. The van der Waals surface area contributed by atoms with Crippen LogP contribution >= 0.6 is 0 Å². The maximum Gasteiger partial charge on any atom is 0.418 e. The molecule has 0 aliphatic heterocycles. The van der Waals surface area contributed by atoms with E-state index < -0.39 is 11.7 Å². The van der Waals surface area contributed by atoms with E-state index in [2.05, 4.69) is 5.32 Å². The molecule has 3 nitrogen and oxygen atoms in total. The topological polar surface area (TPSA) is 47.3 Å². The van der Waals surface area contributed by atoms with Crippen molar-refractivity contribution in [3.63, 3.8) is 0 Å². The first-order valence-corrected chi connectivity index (χ1v) is 6.36. The monoisotopic (exact) mass is 296 g/mol. The molecule has 6 heteroatoms. The molecule has 0 radical (unpaired) electrons. The zero-order chi connectivity index (χ0) is 15.5. The normalized spacial score (nSPS) is 11.2. The molecule has 0 amide bonds. The molecule has 0 atom stereocenters. The average molecular weight is 296 g/mol. The largest absolute Gasteiger partial charge is 0.494 e. The van der Waals surface area contributed by atoms with E-state index in [1.165, 1.54) is 18.2 Å². The quantitative estimate of drug-likeness (QED) is 0.820. The highest BCUT2D eigenvalue weighted by Crippen LogP contribution is 2.36. The maximum absolute atomic E-state index is 12.9. The van der Waals surface area contributed by atoms with Gasteiger partial charge in [0, 0.05) is 23.5 Å². The molecule has 2 aromatic carbocycles. The van der Waals surface area contributed by atoms with Gasteiger partial charge in [-0.25, -0.2) is 0 Å². The van der Waals surface area contributed by atoms with Crippen LogP contribution in [0.15, 0.2) is 42.5 Å². The van der Waals surface area contributed by atoms with Crippen molar-refractivity contribution in [2.24, 2.45) is 0 Å². The Morgan fingerprint density at radius 2 is 1.86 bits per heavy atom. The summed E-state index contributed by atoms with van der Waals surface area (Å²) in [4.78, 5) is 0. The van der Waals surface area contributed by atoms with Crippen LogP contribution in [0.25, 0.3) is 0 Å². The minimum Gasteiger partial charge on any atom is -0.494 e. The van der Waals surface area contributed by atoms with Gasteiger partial charge in [0.1, 0.15) is 5.75 Å². The summed E-state index contributed by atoms with van der Waals surface area (Å²) in [6.45, 7) is 2.26. The number of nitrogens with one attached hydrogen (secondary N) is 1. The lowest BCUT2D eigenvalue weighted by atomic mass is 10.1. The molecule has 21 heavy (non-hydrogen) atoms. The molecular weight excluding hydrogens is 281 g/mol. The Labute approximate surface area is 120 Å². The van der Waals surface area contributed by atoms with E-state index >= 15 is 0 Å². The number of hydrogen-bond acceptors (Lipinski definition) is 3. The number of benzene rings is 2. The summed E-state index contributed by atoms with van der Waals surface area (Å²) in [5.74, 6) is 0.504. The zero-order valence-corrected chi connectivity index (χ0v) is 11.4. The summed E-state index contributed by atoms with van der Waals surface area (Å²) in [5.41, 5.74) is 5.81. The molecule has 3 N–H and O–H groups in total. The number of anilines is 3. The third-order valence-electron chi connectivity index (χ3n) is 2.75. The Balaban J connectivity index is 2.35. The molecule has 0 aromatic heterocycles. The number of nitrogen functional groups attached to an aromatic ring is 1. The van der Waals surface area contributed by atoms with Crippen LogP contribution in [0, 0.1) is 0 Å². The van der Waals surface area contributed by atoms with E-state index in [9.17, 15) is 13.2 Å². The molecule has 0 saturated heterocycles. The van der Waals surface area contributed by atoms with Crippen molar-refractivity contribution in [3.8, 4) is 5.75 Å². The van der Waals surface area contributed by atoms with E-state index in [4.69, 9.17) is 10.5 Å². The first-order chi connectivity index (χ1) is 9.90. The van der Waals surface area contributed by atoms with Crippen LogP contribution in [0.5, 0.6) is 5.75 Å². The molecule has 0 bridgehead atoms. The Morgan fingerprint density at radius 1 is 1.14 bits per heavy atom. The lowest BCUT2D eigenvalue weighted by molar-refractivity contribution is -0.136. The Hall–Kier alpha value is -2.37. The number of alkyl halides is 3. The summed E-state index contributed by atoms with van der Waals surface area (Å²) >= 11 is 0. The first-order valence-electron chi connectivity index (χ1n) is 6.36. The summed E-state index contributed by atoms with van der Waals surface area (Å²) in [7, 11) is 0. The standard InChI is InChI=1S/C15H15F3N2O/c1-2-21-12-8-10(19)7-11(9-12)20-14-6-4-3-5-13(14)15(16,17)18/h3-9,20H,2,19H2,1H3. The van der Waals surface area contributed by atoms with Crippen molar-refractivity contribution >= 4 is 17.1 Å². The van der Waals surface area contributed by atoms with Crippen LogP contribution < -0.4 is 15.8 Å². The van der Waals surface area contributed by atoms with Crippen LogP contribution in [0.1, 0.15) is 12.5 Å². The van der Waals surface area contributed by atoms with Gasteiger partial charge >= 0.3 is 6.18 Å². The van der Waals surface area contributed by atoms with E-state index in [0.29, 0.717) is 23.7 Å². The molecule has 2 aromatic rings. The van der Waals surface area contributed by atoms with Gasteiger partial charge in [-0.15, -0.1) is 0 Å². The number of halogens is 3. The minimum absolute atomic E-state index is 0.0296. The second kappa shape index (κ2) is 5.95. The average Bonchev–Trinajstić information content (AvgIpc) is 2.37. The van der Waals surface area contributed by atoms with Crippen LogP contribution in [-0.4, -0.2) is 6.61 Å². The summed E-state index contributed by atoms with van der Waals surface area (Å²) < 4.78 is 44.1. The highest BCUT2D eigenvalue weighted by molar-refractivity contribution is 5.68. The van der Waals surface area contributed by atoms with Crippen molar-refractivity contribution in [1.82, 2.24) is 0 Å². The van der Waals surface area contributed by atoms with Gasteiger partial charge in [-0.2, -0.15) is 13.2 Å². The van der Waals surface area contributed by atoms with Crippen LogP contribution in [0.2, 0.25) is 0 Å². The summed E-state index contributed by atoms with van der Waals surface area (Å²) in [5, 5.41) is 2.74. The van der Waals surface area contributed by atoms with Crippen LogP contribution in [0.4, 0.5) is 30.2 Å². The Bertz CT molecular complexity index is 627. The maximum atomic E-state index is 12.9. The number of hydrogen-bond donors (Lipinski definition) is 2. The fourth-order valence-electron chi connectivity index (χ4n) is 1.94. The van der Waals surface area contributed by atoms with Crippen LogP contribution in [0.3, 0.4) is 0 Å². The number of para-hydroxylation sites is 1. The van der Waals surface area contributed by atoms with Crippen molar-refractivity contribution in [2.75, 3.05) is 17.7 Å². The molecule has 112 valence electrons. The molecule has 0 heterocycles. The number of rotatable bonds is 4. The summed E-state index contributed by atoms with van der Waals surface area (Å²) in [6, 6.07) is 10.0. The highest BCUT2D eigenvalue weighted by atomic mass is 19.4. The third kappa shape index (κ3) is 3.81. The molecule has 0 spiro atoms. The third-order valence-corrected chi connectivity index (χ3v) is 2.75. The molecule has 0 fully saturated rings. The molecule has 0 unspecified atom stereocenters. The second-order valence-corrected chi connectivity index (χ2v) is 4.39. The first kappa shape index (κ1) is 15.0. The van der Waals surface area contributed by atoms with Gasteiger partial charge in [0.2, 0.25) is 0 Å². The van der Waals surface area contributed by atoms with E-state index in [-0.39, 0.29) is 5.69 Å². The van der Waals surface area contributed by atoms with Gasteiger partial charge in [0.25, 0.3) is 0 Å². The lowest BCUT2D eigenvalue weighted by Gasteiger charge is -2.15. The van der Waals surface area contributed by atoms with E-state index in [1.807, 2.05) is 6.92 Å². The smallest absolute Gasteiger partial charge is 0.418 e. The van der Waals surface area contributed by atoms with Crippen molar-refractivity contribution < 1.29 is 17.9 Å². The fraction of sp³-hybridized carbons (Fsp3) is 0.200. The van der Waals surface area contributed by atoms with Crippen molar-refractivity contribution in [3.05, 3.63) is 48.0 Å². The van der Waals surface area contributed by atoms with Gasteiger partial charge in [-0.05, 0) is 25.1 Å². The molecule has 2 rings (SSSR count). The fourth-order valence-corrected chi connectivity index (χ4v) is 1.94. The Kier molecular flexibility index (Phi) is 4.26. The van der Waals surface area contributed by atoms with E-state index in [0.717, 1.165) is 6.07 Å². The van der Waals surface area contributed by atoms with E-state index in [1.54, 1.807) is 18.2 Å². The zero-order valence-electron chi connectivity index (χ0n) is 11.4. The predicted octanol–water partition coefficient (Wildman–Crippen LogP) is 4.43. The SMILES string of the molecule is CCOc1cc(N)cc(Nc2ccccc2C(F)(F)F)c1. The van der Waals surface area contributed by atoms with Gasteiger partial charge < -0.3 is 15.8 Å². The van der Waals surface area contributed by atoms with Gasteiger partial charge in [-0.3, -0.25) is 0 Å². The van der Waals surface area contributed by atoms with Crippen LogP contribution in [-0.2, 0) is 6.18 Å². The van der Waals surface area contributed by atoms with Crippen molar-refractivity contribution in [2.45, 2.75) is 13.1 Å². The highest BCUT2D eigenvalue weighted by Gasteiger charge is 2.33. The minimum atomic E-state index is -4.42. The molecule has 0 saturated carbocycles. The molecule has 0 aliphatic carbocycles. The number of nitrogens with two attached hydrogens (primary N) is 1.